The first-order valence-electron chi connectivity index (χ1n) is 10.2. The smallest absolute Gasteiger partial charge is 0.254 e. The van der Waals surface area contributed by atoms with Crippen LogP contribution in [0.1, 0.15) is 51.2 Å². The van der Waals surface area contributed by atoms with Crippen LogP contribution in [0.25, 0.3) is 11.1 Å². The maximum absolute atomic E-state index is 13.4. The second kappa shape index (κ2) is 7.32. The fourth-order valence-electron chi connectivity index (χ4n) is 4.42. The fraction of sp³-hybridized carbons (Fsp3) is 0.292. The molecule has 1 aromatic heterocycles. The van der Waals surface area contributed by atoms with E-state index in [1.165, 1.54) is 11.3 Å². The predicted octanol–water partition coefficient (Wildman–Crippen LogP) is 4.05. The van der Waals surface area contributed by atoms with Gasteiger partial charge in [-0.05, 0) is 60.9 Å². The van der Waals surface area contributed by atoms with E-state index in [2.05, 4.69) is 15.1 Å². The molecule has 1 fully saturated rings. The van der Waals surface area contributed by atoms with Crippen molar-refractivity contribution in [2.75, 3.05) is 0 Å². The van der Waals surface area contributed by atoms with Crippen LogP contribution in [-0.4, -0.2) is 39.4 Å². The van der Waals surface area contributed by atoms with Crippen LogP contribution in [0.3, 0.4) is 0 Å². The van der Waals surface area contributed by atoms with Crippen molar-refractivity contribution in [2.24, 2.45) is 0 Å². The summed E-state index contributed by atoms with van der Waals surface area (Å²) < 4.78 is 0. The third-order valence-corrected chi connectivity index (χ3v) is 6.09. The molecule has 5 nitrogen and oxygen atoms in total. The van der Waals surface area contributed by atoms with Crippen LogP contribution >= 0.6 is 0 Å². The van der Waals surface area contributed by atoms with E-state index in [1.807, 2.05) is 54.7 Å². The van der Waals surface area contributed by atoms with E-state index in [1.54, 1.807) is 0 Å². The molecular formula is C24H23N3O2. The average Bonchev–Trinajstić information content (AvgIpc) is 3.49. The number of aryl methyl sites for hydroxylation is 1. The van der Waals surface area contributed by atoms with Gasteiger partial charge in [-0.15, -0.1) is 0 Å². The number of aldehydes is 1. The number of fused-ring (bicyclic) bond motifs is 1. The van der Waals surface area contributed by atoms with Crippen LogP contribution in [-0.2, 0) is 12.8 Å². The van der Waals surface area contributed by atoms with Gasteiger partial charge in [0.2, 0.25) is 0 Å². The van der Waals surface area contributed by atoms with Crippen LogP contribution in [0.15, 0.2) is 54.7 Å². The fourth-order valence-corrected chi connectivity index (χ4v) is 4.42. The number of benzene rings is 2. The minimum absolute atomic E-state index is 0.111. The average molecular weight is 385 g/mol. The molecule has 1 atom stereocenters. The number of aromatic amines is 1. The summed E-state index contributed by atoms with van der Waals surface area (Å²) >= 11 is 0. The Bertz CT molecular complexity index is 1050. The lowest BCUT2D eigenvalue weighted by Crippen LogP contribution is -2.44. The van der Waals surface area contributed by atoms with Crippen molar-refractivity contribution in [3.8, 4) is 11.1 Å². The number of rotatable bonds is 5. The van der Waals surface area contributed by atoms with Gasteiger partial charge in [-0.1, -0.05) is 36.4 Å². The molecule has 5 heteroatoms. The molecule has 1 saturated carbocycles. The first kappa shape index (κ1) is 17.9. The summed E-state index contributed by atoms with van der Waals surface area (Å²) in [5, 5.41) is 7.24. The largest absolute Gasteiger partial charge is 0.332 e. The summed E-state index contributed by atoms with van der Waals surface area (Å²) in [7, 11) is 0. The Morgan fingerprint density at radius 1 is 1.03 bits per heavy atom. The molecular weight excluding hydrogens is 362 g/mol. The third-order valence-electron chi connectivity index (χ3n) is 6.09. The zero-order chi connectivity index (χ0) is 19.8. The topological polar surface area (TPSA) is 66.1 Å². The predicted molar refractivity (Wildman–Crippen MR) is 111 cm³/mol. The lowest BCUT2D eigenvalue weighted by molar-refractivity contribution is 0.0642. The van der Waals surface area contributed by atoms with Crippen LogP contribution in [0, 0.1) is 0 Å². The molecule has 1 N–H and O–H groups in total. The lowest BCUT2D eigenvalue weighted by Gasteiger charge is -2.34. The minimum Gasteiger partial charge on any atom is -0.332 e. The highest BCUT2D eigenvalue weighted by atomic mass is 16.2. The van der Waals surface area contributed by atoms with Crippen molar-refractivity contribution >= 4 is 12.2 Å². The summed E-state index contributed by atoms with van der Waals surface area (Å²) in [6, 6.07) is 15.8. The highest BCUT2D eigenvalue weighted by Crippen LogP contribution is 2.35. The Labute approximate surface area is 169 Å². The molecule has 0 spiro atoms. The van der Waals surface area contributed by atoms with Gasteiger partial charge in [-0.2, -0.15) is 5.10 Å². The van der Waals surface area contributed by atoms with E-state index in [9.17, 15) is 9.59 Å². The molecule has 3 aromatic rings. The van der Waals surface area contributed by atoms with Gasteiger partial charge in [0.1, 0.15) is 0 Å². The number of hydrogen-bond donors (Lipinski definition) is 1. The third kappa shape index (κ3) is 3.37. The maximum Gasteiger partial charge on any atom is 0.254 e. The number of aromatic nitrogens is 2. The molecule has 0 bridgehead atoms. The minimum atomic E-state index is 0.111. The van der Waals surface area contributed by atoms with Crippen LogP contribution in [0.4, 0.5) is 0 Å². The Morgan fingerprint density at radius 2 is 1.83 bits per heavy atom. The van der Waals surface area contributed by atoms with Gasteiger partial charge in [0.15, 0.2) is 6.29 Å². The van der Waals surface area contributed by atoms with E-state index in [0.29, 0.717) is 17.2 Å². The van der Waals surface area contributed by atoms with Gasteiger partial charge < -0.3 is 4.90 Å². The molecule has 2 aliphatic rings. The van der Waals surface area contributed by atoms with Crippen molar-refractivity contribution < 1.29 is 9.59 Å². The number of hydrogen-bond acceptors (Lipinski definition) is 3. The molecule has 146 valence electrons. The molecule has 5 rings (SSSR count). The Balaban J connectivity index is 1.39. The summed E-state index contributed by atoms with van der Waals surface area (Å²) in [6.07, 6.45) is 7.74. The molecule has 1 heterocycles. The van der Waals surface area contributed by atoms with Gasteiger partial charge >= 0.3 is 0 Å². The Morgan fingerprint density at radius 3 is 2.59 bits per heavy atom. The van der Waals surface area contributed by atoms with E-state index in [-0.39, 0.29) is 11.9 Å². The molecule has 2 aliphatic carbocycles. The van der Waals surface area contributed by atoms with E-state index < -0.39 is 0 Å². The second-order valence-electron chi connectivity index (χ2n) is 8.00. The van der Waals surface area contributed by atoms with Gasteiger partial charge in [0, 0.05) is 28.9 Å². The van der Waals surface area contributed by atoms with E-state index in [4.69, 9.17) is 0 Å². The van der Waals surface area contributed by atoms with Crippen molar-refractivity contribution in [1.29, 1.82) is 0 Å². The Kier molecular flexibility index (Phi) is 4.51. The quantitative estimate of drug-likeness (QED) is 0.674. The second-order valence-corrected chi connectivity index (χ2v) is 8.00. The van der Waals surface area contributed by atoms with Gasteiger partial charge in [-0.25, -0.2) is 0 Å². The number of carbonyl (C=O) groups excluding carboxylic acids is 2. The van der Waals surface area contributed by atoms with Crippen LogP contribution in [0.2, 0.25) is 0 Å². The Hall–Kier alpha value is -3.21. The summed E-state index contributed by atoms with van der Waals surface area (Å²) in [5.74, 6) is 0.111. The number of nitrogens with zero attached hydrogens (tertiary/aromatic N) is 2. The van der Waals surface area contributed by atoms with Gasteiger partial charge in [0.25, 0.3) is 5.91 Å². The van der Waals surface area contributed by atoms with E-state index >= 15 is 0 Å². The summed E-state index contributed by atoms with van der Waals surface area (Å²) in [4.78, 5) is 26.8. The van der Waals surface area contributed by atoms with Gasteiger partial charge in [0.05, 0.1) is 6.20 Å². The molecule has 1 unspecified atom stereocenters. The first-order valence-corrected chi connectivity index (χ1v) is 10.2. The standard InChI is InChI=1S/C24H23N3O2/c28-15-18-3-1-2-4-22(18)16-5-7-17(8-6-16)24(29)27(20-9-10-20)21-11-12-23-19(13-21)14-25-26-23/h1-8,14-15,20-21H,9-13H2,(H,25,26). The molecule has 29 heavy (non-hydrogen) atoms. The van der Waals surface area contributed by atoms with E-state index in [0.717, 1.165) is 49.5 Å². The number of nitrogens with one attached hydrogen (secondary N) is 1. The normalized spacial score (nSPS) is 18.1. The molecule has 0 aliphatic heterocycles. The number of H-pyrrole nitrogens is 1. The van der Waals surface area contributed by atoms with Crippen LogP contribution in [0.5, 0.6) is 0 Å². The van der Waals surface area contributed by atoms with Crippen molar-refractivity contribution in [2.45, 2.75) is 44.2 Å². The number of carbonyl (C=O) groups is 2. The number of amides is 1. The highest BCUT2D eigenvalue weighted by molar-refractivity contribution is 5.96. The summed E-state index contributed by atoms with van der Waals surface area (Å²) in [6.45, 7) is 0. The maximum atomic E-state index is 13.4. The first-order chi connectivity index (χ1) is 14.2. The monoisotopic (exact) mass is 385 g/mol. The van der Waals surface area contributed by atoms with Crippen molar-refractivity contribution in [3.05, 3.63) is 77.1 Å². The zero-order valence-electron chi connectivity index (χ0n) is 16.2. The van der Waals surface area contributed by atoms with Crippen molar-refractivity contribution in [1.82, 2.24) is 15.1 Å². The van der Waals surface area contributed by atoms with Gasteiger partial charge in [-0.3, -0.25) is 14.7 Å². The highest BCUT2D eigenvalue weighted by Gasteiger charge is 2.39. The molecule has 1 amide bonds. The molecule has 0 saturated heterocycles. The zero-order valence-corrected chi connectivity index (χ0v) is 16.2. The SMILES string of the molecule is O=Cc1ccccc1-c1ccc(C(=O)N(C2CC2)C2CCc3[nH]ncc3C2)cc1. The van der Waals surface area contributed by atoms with Crippen LogP contribution < -0.4 is 0 Å². The van der Waals surface area contributed by atoms with Crippen molar-refractivity contribution in [3.63, 3.8) is 0 Å². The molecule has 2 aromatic carbocycles. The lowest BCUT2D eigenvalue weighted by atomic mass is 9.91. The summed E-state index contributed by atoms with van der Waals surface area (Å²) in [5.41, 5.74) is 5.65. The molecule has 0 radical (unpaired) electrons.